The van der Waals surface area contributed by atoms with Crippen LogP contribution in [-0.2, 0) is 24.7 Å². The van der Waals surface area contributed by atoms with Crippen molar-refractivity contribution in [3.05, 3.63) is 64.7 Å². The number of alkyl halides is 3. The molecule has 0 spiro atoms. The Labute approximate surface area is 272 Å². The summed E-state index contributed by atoms with van der Waals surface area (Å²) in [7, 11) is 1.31. The van der Waals surface area contributed by atoms with Crippen LogP contribution in [0.15, 0.2) is 48.5 Å². The molecule has 1 saturated carbocycles. The summed E-state index contributed by atoms with van der Waals surface area (Å²) in [4.78, 5) is 55.3. The van der Waals surface area contributed by atoms with Crippen molar-refractivity contribution in [2.45, 2.75) is 24.6 Å². The van der Waals surface area contributed by atoms with Gasteiger partial charge in [0.15, 0.2) is 6.61 Å². The van der Waals surface area contributed by atoms with Crippen molar-refractivity contribution < 1.29 is 41.8 Å². The Morgan fingerprint density at radius 2 is 1.55 bits per heavy atom. The van der Waals surface area contributed by atoms with E-state index in [0.29, 0.717) is 17.2 Å². The minimum atomic E-state index is -4.60. The molecule has 18 heteroatoms. The molecular formula is C29H30ClF3N8O6. The molecule has 3 aromatic rings. The molecule has 47 heavy (non-hydrogen) atoms. The van der Waals surface area contributed by atoms with Crippen molar-refractivity contribution in [1.29, 1.82) is 0 Å². The quantitative estimate of drug-likeness (QED) is 0.0817. The van der Waals surface area contributed by atoms with Crippen LogP contribution in [-0.4, -0.2) is 72.1 Å². The van der Waals surface area contributed by atoms with E-state index in [9.17, 15) is 27.6 Å². The van der Waals surface area contributed by atoms with Gasteiger partial charge >= 0.3 is 24.0 Å². The third-order valence-corrected chi connectivity index (χ3v) is 6.15. The largest absolute Gasteiger partial charge is 0.471 e. The molecule has 0 bridgehead atoms. The zero-order chi connectivity index (χ0) is 35.0. The second-order valence-electron chi connectivity index (χ2n) is 9.29. The zero-order valence-electron chi connectivity index (χ0n) is 24.8. The lowest BCUT2D eigenvalue weighted by atomic mass is 10.1. The van der Waals surface area contributed by atoms with Crippen molar-refractivity contribution in [2.75, 3.05) is 37.4 Å². The molecule has 1 aliphatic carbocycles. The van der Waals surface area contributed by atoms with Gasteiger partial charge < -0.3 is 36.5 Å². The maximum Gasteiger partial charge on any atom is 0.422 e. The first-order chi connectivity index (χ1) is 22.3. The summed E-state index contributed by atoms with van der Waals surface area (Å²) in [6.45, 7) is -1.16. The van der Waals surface area contributed by atoms with Crippen LogP contribution < -0.4 is 31.7 Å². The van der Waals surface area contributed by atoms with Crippen molar-refractivity contribution in [3.8, 4) is 18.9 Å². The second-order valence-corrected chi connectivity index (χ2v) is 9.73. The summed E-state index contributed by atoms with van der Waals surface area (Å²) in [5.74, 6) is -2.62. The van der Waals surface area contributed by atoms with Gasteiger partial charge in [-0.25, -0.2) is 0 Å². The first-order valence-corrected chi connectivity index (χ1v) is 13.7. The topological polar surface area (TPSA) is 200 Å². The number of benzene rings is 2. The number of methoxy groups -OCH3 is 1. The van der Waals surface area contributed by atoms with Crippen LogP contribution in [0.5, 0.6) is 6.01 Å². The number of primary amides is 1. The number of hydrogen-bond acceptors (Lipinski definition) is 11. The Balaban J connectivity index is 0.00000119. The number of aromatic nitrogens is 3. The van der Waals surface area contributed by atoms with Crippen molar-refractivity contribution >= 4 is 53.4 Å². The summed E-state index contributed by atoms with van der Waals surface area (Å²) in [6.07, 6.45) is 4.88. The maximum atomic E-state index is 12.8. The van der Waals surface area contributed by atoms with Crippen LogP contribution in [0.25, 0.3) is 0 Å². The summed E-state index contributed by atoms with van der Waals surface area (Å²) in [5, 5.41) is 11.4. The van der Waals surface area contributed by atoms with Crippen LogP contribution >= 0.6 is 11.6 Å². The highest BCUT2D eigenvalue weighted by molar-refractivity contribution is 6.34. The zero-order valence-corrected chi connectivity index (χ0v) is 25.5. The SMILES string of the molecule is C#C.COC=O.NC(=O)C(=O)NCCNC(=O)c1ccc(Nc2nc(NC3(c4ccc(Cl)cc4)CC3)nc(OCC(F)(F)F)n2)cc1. The van der Waals surface area contributed by atoms with Gasteiger partial charge in [0.2, 0.25) is 11.9 Å². The van der Waals surface area contributed by atoms with Gasteiger partial charge in [0.1, 0.15) is 0 Å². The number of carbonyl (C=O) groups is 4. The lowest BCUT2D eigenvalue weighted by Crippen LogP contribution is -2.40. The van der Waals surface area contributed by atoms with E-state index in [4.69, 9.17) is 26.9 Å². The fourth-order valence-electron chi connectivity index (χ4n) is 3.65. The van der Waals surface area contributed by atoms with E-state index in [0.717, 1.165) is 18.4 Å². The van der Waals surface area contributed by atoms with Crippen molar-refractivity contribution in [1.82, 2.24) is 25.6 Å². The van der Waals surface area contributed by atoms with Crippen molar-refractivity contribution in [3.63, 3.8) is 0 Å². The first-order valence-electron chi connectivity index (χ1n) is 13.4. The van der Waals surface area contributed by atoms with Crippen LogP contribution in [0.2, 0.25) is 5.02 Å². The summed E-state index contributed by atoms with van der Waals surface area (Å²) in [6, 6.07) is 12.7. The Kier molecular flexibility index (Phi) is 14.2. The van der Waals surface area contributed by atoms with E-state index in [1.54, 1.807) is 12.1 Å². The van der Waals surface area contributed by atoms with E-state index in [-0.39, 0.29) is 30.5 Å². The average molecular weight is 679 g/mol. The molecule has 0 radical (unpaired) electrons. The number of halogens is 4. The Morgan fingerprint density at radius 3 is 2.09 bits per heavy atom. The molecule has 2 aromatic carbocycles. The Morgan fingerprint density at radius 1 is 0.979 bits per heavy atom. The molecule has 0 saturated heterocycles. The average Bonchev–Trinajstić information content (AvgIpc) is 3.83. The number of ether oxygens (including phenoxy) is 2. The summed E-state index contributed by atoms with van der Waals surface area (Å²) in [5.41, 5.74) is 5.94. The molecule has 14 nitrogen and oxygen atoms in total. The van der Waals surface area contributed by atoms with Gasteiger partial charge in [0.05, 0.1) is 12.6 Å². The van der Waals surface area contributed by atoms with E-state index in [1.165, 1.54) is 31.4 Å². The smallest absolute Gasteiger partial charge is 0.422 e. The van der Waals surface area contributed by atoms with Crippen LogP contribution in [0.1, 0.15) is 28.8 Å². The van der Waals surface area contributed by atoms with Gasteiger partial charge in [0, 0.05) is 29.4 Å². The van der Waals surface area contributed by atoms with Gasteiger partial charge in [-0.2, -0.15) is 28.1 Å². The number of carbonyl (C=O) groups excluding carboxylic acids is 4. The molecule has 1 aliphatic rings. The summed E-state index contributed by atoms with van der Waals surface area (Å²) >= 11 is 5.99. The highest BCUT2D eigenvalue weighted by atomic mass is 35.5. The van der Waals surface area contributed by atoms with Gasteiger partial charge in [-0.05, 0) is 54.8 Å². The third kappa shape index (κ3) is 12.7. The molecule has 1 heterocycles. The molecule has 1 fully saturated rings. The lowest BCUT2D eigenvalue weighted by Gasteiger charge is -2.19. The number of amides is 3. The van der Waals surface area contributed by atoms with Gasteiger partial charge in [-0.3, -0.25) is 19.2 Å². The van der Waals surface area contributed by atoms with E-state index in [2.05, 4.69) is 53.8 Å². The molecule has 0 unspecified atom stereocenters. The van der Waals surface area contributed by atoms with Crippen LogP contribution in [0, 0.1) is 12.8 Å². The normalized spacial score (nSPS) is 12.3. The van der Waals surface area contributed by atoms with Gasteiger partial charge in [0.25, 0.3) is 12.4 Å². The Bertz CT molecular complexity index is 1540. The fourth-order valence-corrected chi connectivity index (χ4v) is 3.77. The van der Waals surface area contributed by atoms with Crippen LogP contribution in [0.3, 0.4) is 0 Å². The minimum absolute atomic E-state index is 0.000943. The number of nitrogens with one attached hydrogen (secondary N) is 4. The molecule has 1 aromatic heterocycles. The van der Waals surface area contributed by atoms with E-state index in [1.807, 2.05) is 12.1 Å². The molecule has 6 N–H and O–H groups in total. The molecule has 4 rings (SSSR count). The second kappa shape index (κ2) is 17.8. The number of anilines is 3. The monoisotopic (exact) mass is 678 g/mol. The van der Waals surface area contributed by atoms with Gasteiger partial charge in [-0.1, -0.05) is 23.7 Å². The highest BCUT2D eigenvalue weighted by Gasteiger charge is 2.45. The number of nitrogens with zero attached hydrogens (tertiary/aromatic N) is 3. The summed E-state index contributed by atoms with van der Waals surface area (Å²) < 4.78 is 47.0. The molecular weight excluding hydrogens is 649 g/mol. The highest BCUT2D eigenvalue weighted by Crippen LogP contribution is 2.48. The van der Waals surface area contributed by atoms with Crippen LogP contribution in [0.4, 0.5) is 30.8 Å². The number of hydrogen-bond donors (Lipinski definition) is 5. The first kappa shape index (κ1) is 37.6. The van der Waals surface area contributed by atoms with E-state index >= 15 is 0 Å². The lowest BCUT2D eigenvalue weighted by molar-refractivity contribution is -0.154. The number of nitrogens with two attached hydrogens (primary N) is 1. The standard InChI is InChI=1S/C25H24ClF3N8O4.C2H4O2.C2H2/c26-16-5-3-15(4-6-16)24(9-10-24)37-22-34-21(35-23(36-22)41-13-25(27,28)29)33-17-7-1-14(2-8-17)19(39)31-11-12-32-20(40)18(30)38;1-4-2-3;1-2/h1-8H,9-13H2,(H2,30,38)(H,31,39)(H,32,40)(H2,33,34,35,36,37);2H,1H3;1-2H. The maximum absolute atomic E-state index is 12.8. The number of rotatable bonds is 12. The molecule has 3 amide bonds. The predicted octanol–water partition coefficient (Wildman–Crippen LogP) is 2.68. The number of terminal acetylenes is 1. The Hall–Kier alpha value is -5.63. The predicted molar refractivity (Wildman–Crippen MR) is 165 cm³/mol. The molecule has 250 valence electrons. The minimum Gasteiger partial charge on any atom is -0.471 e. The third-order valence-electron chi connectivity index (χ3n) is 5.90. The fraction of sp³-hybridized carbons (Fsp3) is 0.276. The van der Waals surface area contributed by atoms with Gasteiger partial charge in [-0.15, -0.1) is 12.8 Å². The molecule has 0 aliphatic heterocycles. The van der Waals surface area contributed by atoms with E-state index < -0.39 is 42.1 Å². The van der Waals surface area contributed by atoms with Crippen molar-refractivity contribution in [2.24, 2.45) is 5.73 Å². The molecule has 0 atom stereocenters.